The first-order valence-electron chi connectivity index (χ1n) is 7.25. The third kappa shape index (κ3) is 2.24. The quantitative estimate of drug-likeness (QED) is 0.790. The molecular weight excluding hydrogens is 252 g/mol. The number of imide groups is 1. The molecule has 1 aromatic rings. The summed E-state index contributed by atoms with van der Waals surface area (Å²) in [4.78, 5) is 26.0. The predicted molar refractivity (Wildman–Crippen MR) is 75.6 cm³/mol. The molecule has 1 aliphatic carbocycles. The van der Waals surface area contributed by atoms with E-state index in [4.69, 9.17) is 0 Å². The maximum absolute atomic E-state index is 12.3. The molecule has 1 aliphatic heterocycles. The molecule has 2 amide bonds. The average molecular weight is 271 g/mol. The van der Waals surface area contributed by atoms with Crippen LogP contribution in [0.2, 0.25) is 0 Å². The molecule has 0 unspecified atom stereocenters. The largest absolute Gasteiger partial charge is 0.274 e. The number of fused-ring (bicyclic) bond motifs is 1. The molecule has 20 heavy (non-hydrogen) atoms. The maximum Gasteiger partial charge on any atom is 0.261 e. The Morgan fingerprint density at radius 3 is 2.10 bits per heavy atom. The Labute approximate surface area is 119 Å². The summed E-state index contributed by atoms with van der Waals surface area (Å²) < 4.78 is 0. The topological polar surface area (TPSA) is 51.5 Å². The number of hydrogen-bond donors (Lipinski definition) is 0. The molecule has 1 heterocycles. The average Bonchev–Trinajstić information content (AvgIpc) is 2.74. The van der Waals surface area contributed by atoms with Crippen molar-refractivity contribution in [2.24, 2.45) is 5.92 Å². The molecule has 0 saturated heterocycles. The van der Waals surface area contributed by atoms with Crippen LogP contribution in [0.3, 0.4) is 0 Å². The van der Waals surface area contributed by atoms with Crippen LogP contribution >= 0.6 is 0 Å². The Balaban J connectivity index is 1.68. The van der Waals surface area contributed by atoms with Crippen molar-refractivity contribution in [3.05, 3.63) is 35.4 Å². The second-order valence-electron chi connectivity index (χ2n) is 5.70. The van der Waals surface area contributed by atoms with Crippen LogP contribution in [-0.4, -0.2) is 36.3 Å². The normalized spacial score (nSPS) is 25.9. The molecular formula is C16H19N2O2. The van der Waals surface area contributed by atoms with Gasteiger partial charge in [-0.3, -0.25) is 14.5 Å². The minimum absolute atomic E-state index is 0.132. The molecule has 0 bridgehead atoms. The van der Waals surface area contributed by atoms with Gasteiger partial charge in [-0.25, -0.2) is 5.32 Å². The van der Waals surface area contributed by atoms with Crippen LogP contribution in [0.25, 0.3) is 0 Å². The summed E-state index contributed by atoms with van der Waals surface area (Å²) in [5.41, 5.74) is 1.10. The highest BCUT2D eigenvalue weighted by Gasteiger charge is 2.36. The fraction of sp³-hybridized carbons (Fsp3) is 0.500. The Morgan fingerprint density at radius 2 is 1.60 bits per heavy atom. The lowest BCUT2D eigenvalue weighted by molar-refractivity contribution is 0.0613. The van der Waals surface area contributed by atoms with Crippen molar-refractivity contribution in [3.8, 4) is 0 Å². The molecule has 2 aliphatic rings. The molecule has 1 fully saturated rings. The van der Waals surface area contributed by atoms with Gasteiger partial charge in [0, 0.05) is 19.6 Å². The van der Waals surface area contributed by atoms with E-state index in [1.54, 1.807) is 12.1 Å². The van der Waals surface area contributed by atoms with Crippen LogP contribution < -0.4 is 5.32 Å². The Bertz CT molecular complexity index is 498. The van der Waals surface area contributed by atoms with Gasteiger partial charge in [0.05, 0.1) is 11.1 Å². The zero-order valence-electron chi connectivity index (χ0n) is 11.7. The molecule has 4 nitrogen and oxygen atoms in total. The van der Waals surface area contributed by atoms with E-state index in [9.17, 15) is 9.59 Å². The summed E-state index contributed by atoms with van der Waals surface area (Å²) in [6.07, 6.45) is 4.25. The van der Waals surface area contributed by atoms with Crippen LogP contribution in [-0.2, 0) is 0 Å². The first-order valence-corrected chi connectivity index (χ1v) is 7.25. The smallest absolute Gasteiger partial charge is 0.261 e. The van der Waals surface area contributed by atoms with Crippen LogP contribution in [0, 0.1) is 5.92 Å². The first kappa shape index (κ1) is 13.3. The Hall–Kier alpha value is -1.68. The molecule has 105 valence electrons. The van der Waals surface area contributed by atoms with Gasteiger partial charge in [0.1, 0.15) is 0 Å². The monoisotopic (exact) mass is 271 g/mol. The molecule has 1 saturated carbocycles. The lowest BCUT2D eigenvalue weighted by atomic mass is 9.86. The molecule has 1 aromatic carbocycles. The summed E-state index contributed by atoms with van der Waals surface area (Å²) in [7, 11) is 1.87. The van der Waals surface area contributed by atoms with Crippen molar-refractivity contribution in [2.75, 3.05) is 13.6 Å². The highest BCUT2D eigenvalue weighted by atomic mass is 16.2. The van der Waals surface area contributed by atoms with E-state index in [1.165, 1.54) is 4.90 Å². The van der Waals surface area contributed by atoms with Crippen LogP contribution in [0.1, 0.15) is 46.4 Å². The number of carbonyl (C=O) groups is 2. The maximum atomic E-state index is 12.3. The van der Waals surface area contributed by atoms with Gasteiger partial charge in [0.2, 0.25) is 0 Å². The highest BCUT2D eigenvalue weighted by molar-refractivity contribution is 6.21. The van der Waals surface area contributed by atoms with Gasteiger partial charge in [-0.15, -0.1) is 0 Å². The molecule has 0 spiro atoms. The number of carbonyl (C=O) groups excluding carboxylic acids is 2. The van der Waals surface area contributed by atoms with E-state index < -0.39 is 0 Å². The first-order chi connectivity index (χ1) is 9.70. The minimum Gasteiger partial charge on any atom is -0.274 e. The zero-order valence-corrected chi connectivity index (χ0v) is 11.7. The Kier molecular flexibility index (Phi) is 3.57. The van der Waals surface area contributed by atoms with Crippen molar-refractivity contribution in [2.45, 2.75) is 31.7 Å². The van der Waals surface area contributed by atoms with Crippen molar-refractivity contribution in [1.29, 1.82) is 0 Å². The van der Waals surface area contributed by atoms with Crippen LogP contribution in [0.5, 0.6) is 0 Å². The molecule has 0 atom stereocenters. The number of benzene rings is 1. The van der Waals surface area contributed by atoms with E-state index in [1.807, 2.05) is 19.2 Å². The Morgan fingerprint density at radius 1 is 1.05 bits per heavy atom. The van der Waals surface area contributed by atoms with Gasteiger partial charge in [0.15, 0.2) is 0 Å². The lowest BCUT2D eigenvalue weighted by Gasteiger charge is -2.29. The van der Waals surface area contributed by atoms with Crippen molar-refractivity contribution in [3.63, 3.8) is 0 Å². The van der Waals surface area contributed by atoms with Crippen molar-refractivity contribution in [1.82, 2.24) is 10.2 Å². The van der Waals surface area contributed by atoms with Crippen LogP contribution in [0.4, 0.5) is 0 Å². The predicted octanol–water partition coefficient (Wildman–Crippen LogP) is 2.08. The molecule has 0 N–H and O–H groups in total. The zero-order chi connectivity index (χ0) is 14.1. The second kappa shape index (κ2) is 5.37. The summed E-state index contributed by atoms with van der Waals surface area (Å²) >= 11 is 0. The standard InChI is InChI=1S/C16H19N2O2/c1-17-12-8-6-11(7-9-12)10-18-15(19)13-4-2-3-5-14(13)16(18)20/h2-5,11-12H,6-10H2,1H3. The number of nitrogens with zero attached hydrogens (tertiary/aromatic N) is 2. The van der Waals surface area contributed by atoms with E-state index in [0.717, 1.165) is 25.7 Å². The number of hydrogen-bond acceptors (Lipinski definition) is 2. The van der Waals surface area contributed by atoms with Crippen molar-refractivity contribution >= 4 is 11.8 Å². The van der Waals surface area contributed by atoms with E-state index in [2.05, 4.69) is 5.32 Å². The van der Waals surface area contributed by atoms with E-state index in [-0.39, 0.29) is 11.8 Å². The second-order valence-corrected chi connectivity index (χ2v) is 5.70. The molecule has 4 heteroatoms. The van der Waals surface area contributed by atoms with Crippen LogP contribution in [0.15, 0.2) is 24.3 Å². The van der Waals surface area contributed by atoms with Gasteiger partial charge in [-0.2, -0.15) is 0 Å². The summed E-state index contributed by atoms with van der Waals surface area (Å²) in [6, 6.07) is 7.56. The van der Waals surface area contributed by atoms with Gasteiger partial charge >= 0.3 is 0 Å². The summed E-state index contributed by atoms with van der Waals surface area (Å²) in [6.45, 7) is 0.558. The van der Waals surface area contributed by atoms with E-state index in [0.29, 0.717) is 29.6 Å². The third-order valence-corrected chi connectivity index (χ3v) is 4.50. The lowest BCUT2D eigenvalue weighted by Crippen LogP contribution is -2.37. The van der Waals surface area contributed by atoms with Gasteiger partial charge in [-0.1, -0.05) is 12.1 Å². The summed E-state index contributed by atoms with van der Waals surface area (Å²) in [5, 5.41) is 4.33. The molecule has 3 rings (SSSR count). The fourth-order valence-electron chi connectivity index (χ4n) is 3.25. The van der Waals surface area contributed by atoms with Gasteiger partial charge in [0.25, 0.3) is 11.8 Å². The van der Waals surface area contributed by atoms with E-state index >= 15 is 0 Å². The summed E-state index contributed by atoms with van der Waals surface area (Å²) in [5.74, 6) is 0.163. The third-order valence-electron chi connectivity index (χ3n) is 4.50. The van der Waals surface area contributed by atoms with Gasteiger partial charge in [-0.05, 0) is 43.7 Å². The minimum atomic E-state index is -0.132. The highest BCUT2D eigenvalue weighted by Crippen LogP contribution is 2.29. The van der Waals surface area contributed by atoms with Crippen molar-refractivity contribution < 1.29 is 9.59 Å². The SMILES string of the molecule is C[N]C1CCC(CN2C(=O)c3ccccc3C2=O)CC1. The molecule has 0 aromatic heterocycles. The molecule has 1 radical (unpaired) electrons. The number of amides is 2. The number of rotatable bonds is 3. The van der Waals surface area contributed by atoms with Gasteiger partial charge < -0.3 is 0 Å². The fourth-order valence-corrected chi connectivity index (χ4v) is 3.25.